The quantitative estimate of drug-likeness (QED) is 0.449. The zero-order chi connectivity index (χ0) is 15.2. The van der Waals surface area contributed by atoms with Crippen LogP contribution in [0.5, 0.6) is 5.75 Å². The first-order valence-corrected chi connectivity index (χ1v) is 6.56. The molecule has 1 N–H and O–H groups in total. The molecule has 0 spiro atoms. The summed E-state index contributed by atoms with van der Waals surface area (Å²) >= 11 is 0. The van der Waals surface area contributed by atoms with E-state index in [9.17, 15) is 15.2 Å². The topological polar surface area (TPSA) is 75.8 Å². The first-order chi connectivity index (χ1) is 9.28. The molecule has 0 unspecified atom stereocenters. The molecule has 0 aromatic heterocycles. The molecule has 0 atom stereocenters. The number of benzene rings is 1. The summed E-state index contributed by atoms with van der Waals surface area (Å²) in [5.74, 6) is 0.626. The van der Waals surface area contributed by atoms with Gasteiger partial charge in [-0.05, 0) is 39.4 Å². The second kappa shape index (κ2) is 7.21. The van der Waals surface area contributed by atoms with Crippen molar-refractivity contribution in [1.29, 1.82) is 0 Å². The van der Waals surface area contributed by atoms with Crippen LogP contribution in [-0.2, 0) is 0 Å². The van der Waals surface area contributed by atoms with Crippen LogP contribution >= 0.6 is 0 Å². The number of ether oxygens (including phenoxy) is 1. The summed E-state index contributed by atoms with van der Waals surface area (Å²) in [6, 6.07) is 6.04. The Kier molecular flexibility index (Phi) is 5.91. The largest absolute Gasteiger partial charge is 0.494 e. The number of aliphatic hydroxyl groups is 1. The van der Waals surface area contributed by atoms with Crippen molar-refractivity contribution in [2.45, 2.75) is 25.9 Å². The van der Waals surface area contributed by atoms with Crippen LogP contribution in [-0.4, -0.2) is 47.3 Å². The molecule has 20 heavy (non-hydrogen) atoms. The van der Waals surface area contributed by atoms with Gasteiger partial charge in [0.2, 0.25) is 0 Å². The molecule has 0 aliphatic heterocycles. The molecule has 6 heteroatoms. The number of hydrogen-bond donors (Lipinski definition) is 1. The maximum Gasteiger partial charge on any atom is 0.269 e. The van der Waals surface area contributed by atoms with Crippen LogP contribution in [0.3, 0.4) is 0 Å². The van der Waals surface area contributed by atoms with Crippen LogP contribution in [0.25, 0.3) is 0 Å². The lowest BCUT2D eigenvalue weighted by molar-refractivity contribution is -0.384. The molecular weight excluding hydrogens is 260 g/mol. The molecule has 6 nitrogen and oxygen atoms in total. The maximum atomic E-state index is 10.5. The van der Waals surface area contributed by atoms with Gasteiger partial charge in [0.25, 0.3) is 5.69 Å². The highest BCUT2D eigenvalue weighted by Crippen LogP contribution is 2.17. The number of likely N-dealkylation sites (N-methyl/N-ethyl adjacent to an activating group) is 1. The molecule has 0 fully saturated rings. The van der Waals surface area contributed by atoms with Crippen molar-refractivity contribution in [1.82, 2.24) is 4.90 Å². The third-order valence-corrected chi connectivity index (χ3v) is 2.66. The first kappa shape index (κ1) is 16.4. The van der Waals surface area contributed by atoms with E-state index in [1.807, 2.05) is 11.9 Å². The highest BCUT2D eigenvalue weighted by Gasteiger charge is 2.14. The molecule has 0 aliphatic rings. The van der Waals surface area contributed by atoms with E-state index in [0.29, 0.717) is 18.9 Å². The number of hydrogen-bond acceptors (Lipinski definition) is 5. The van der Waals surface area contributed by atoms with Gasteiger partial charge >= 0.3 is 0 Å². The van der Waals surface area contributed by atoms with Crippen LogP contribution < -0.4 is 4.74 Å². The van der Waals surface area contributed by atoms with E-state index in [1.54, 1.807) is 26.0 Å². The van der Waals surface area contributed by atoms with Crippen LogP contribution in [0.4, 0.5) is 5.69 Å². The molecule has 0 radical (unpaired) electrons. The molecule has 1 rings (SSSR count). The molecule has 0 amide bonds. The molecule has 0 aliphatic carbocycles. The minimum atomic E-state index is -0.700. The summed E-state index contributed by atoms with van der Waals surface area (Å²) in [6.45, 7) is 5.50. The lowest BCUT2D eigenvalue weighted by Gasteiger charge is -2.25. The fraction of sp³-hybridized carbons (Fsp3) is 0.571. The summed E-state index contributed by atoms with van der Waals surface area (Å²) in [4.78, 5) is 12.1. The van der Waals surface area contributed by atoms with Gasteiger partial charge in [0, 0.05) is 25.2 Å². The van der Waals surface area contributed by atoms with Gasteiger partial charge in [0.05, 0.1) is 17.1 Å². The van der Waals surface area contributed by atoms with E-state index in [-0.39, 0.29) is 5.69 Å². The Labute approximate surface area is 119 Å². The van der Waals surface area contributed by atoms with Crippen LogP contribution in [0.15, 0.2) is 24.3 Å². The number of nitrogens with zero attached hydrogens (tertiary/aromatic N) is 2. The van der Waals surface area contributed by atoms with E-state index >= 15 is 0 Å². The molecule has 1 aromatic carbocycles. The second-order valence-corrected chi connectivity index (χ2v) is 5.50. The number of rotatable bonds is 8. The lowest BCUT2D eigenvalue weighted by Crippen LogP contribution is -2.37. The zero-order valence-corrected chi connectivity index (χ0v) is 12.2. The van der Waals surface area contributed by atoms with Crippen molar-refractivity contribution >= 4 is 5.69 Å². The van der Waals surface area contributed by atoms with Crippen molar-refractivity contribution in [3.63, 3.8) is 0 Å². The van der Waals surface area contributed by atoms with Crippen molar-refractivity contribution < 1.29 is 14.8 Å². The van der Waals surface area contributed by atoms with E-state index < -0.39 is 10.5 Å². The standard InChI is InChI=1S/C14H22N2O4/c1-14(2,17)11-15(3)9-4-10-20-13-7-5-12(6-8-13)16(18)19/h5-8,17H,4,9-11H2,1-3H3. The van der Waals surface area contributed by atoms with Gasteiger partial charge in [-0.25, -0.2) is 0 Å². The minimum Gasteiger partial charge on any atom is -0.494 e. The summed E-state index contributed by atoms with van der Waals surface area (Å²) < 4.78 is 5.51. The Hall–Kier alpha value is -1.66. The third kappa shape index (κ3) is 6.49. The lowest BCUT2D eigenvalue weighted by atomic mass is 10.1. The molecule has 0 heterocycles. The predicted octanol–water partition coefficient (Wildman–Crippen LogP) is 2.07. The molecule has 112 valence electrons. The van der Waals surface area contributed by atoms with Gasteiger partial charge in [-0.3, -0.25) is 10.1 Å². The Morgan fingerprint density at radius 3 is 2.45 bits per heavy atom. The van der Waals surface area contributed by atoms with Crippen LogP contribution in [0.2, 0.25) is 0 Å². The average molecular weight is 282 g/mol. The molecule has 0 saturated carbocycles. The Bertz CT molecular complexity index is 426. The van der Waals surface area contributed by atoms with Gasteiger partial charge < -0.3 is 14.7 Å². The van der Waals surface area contributed by atoms with E-state index in [0.717, 1.165) is 13.0 Å². The average Bonchev–Trinajstić information content (AvgIpc) is 2.33. The van der Waals surface area contributed by atoms with Gasteiger partial charge in [-0.1, -0.05) is 0 Å². The Balaban J connectivity index is 2.26. The second-order valence-electron chi connectivity index (χ2n) is 5.50. The fourth-order valence-corrected chi connectivity index (χ4v) is 1.93. The van der Waals surface area contributed by atoms with Gasteiger partial charge in [-0.15, -0.1) is 0 Å². The number of nitro groups is 1. The van der Waals surface area contributed by atoms with Crippen molar-refractivity contribution in [2.75, 3.05) is 26.7 Å². The molecule has 0 saturated heterocycles. The maximum absolute atomic E-state index is 10.5. The smallest absolute Gasteiger partial charge is 0.269 e. The predicted molar refractivity (Wildman–Crippen MR) is 77.0 cm³/mol. The minimum absolute atomic E-state index is 0.0576. The summed E-state index contributed by atoms with van der Waals surface area (Å²) in [7, 11) is 1.95. The van der Waals surface area contributed by atoms with Crippen LogP contribution in [0, 0.1) is 10.1 Å². The van der Waals surface area contributed by atoms with Crippen molar-refractivity contribution in [3.8, 4) is 5.75 Å². The normalized spacial score (nSPS) is 11.7. The summed E-state index contributed by atoms with van der Waals surface area (Å²) in [6.07, 6.45) is 0.823. The fourth-order valence-electron chi connectivity index (χ4n) is 1.93. The Morgan fingerprint density at radius 2 is 1.95 bits per heavy atom. The van der Waals surface area contributed by atoms with Crippen LogP contribution in [0.1, 0.15) is 20.3 Å². The van der Waals surface area contributed by atoms with E-state index in [1.165, 1.54) is 12.1 Å². The first-order valence-electron chi connectivity index (χ1n) is 6.56. The molecule has 1 aromatic rings. The number of nitro benzene ring substituents is 1. The molecular formula is C14H22N2O4. The molecule has 0 bridgehead atoms. The van der Waals surface area contributed by atoms with Gasteiger partial charge in [-0.2, -0.15) is 0 Å². The number of non-ortho nitro benzene ring substituents is 1. The highest BCUT2D eigenvalue weighted by atomic mass is 16.6. The summed E-state index contributed by atoms with van der Waals surface area (Å²) in [5.41, 5.74) is -0.643. The third-order valence-electron chi connectivity index (χ3n) is 2.66. The monoisotopic (exact) mass is 282 g/mol. The summed E-state index contributed by atoms with van der Waals surface area (Å²) in [5, 5.41) is 20.2. The van der Waals surface area contributed by atoms with E-state index in [2.05, 4.69) is 0 Å². The van der Waals surface area contributed by atoms with Crippen molar-refractivity contribution in [3.05, 3.63) is 34.4 Å². The Morgan fingerprint density at radius 1 is 1.35 bits per heavy atom. The van der Waals surface area contributed by atoms with Crippen molar-refractivity contribution in [2.24, 2.45) is 0 Å². The van der Waals surface area contributed by atoms with E-state index in [4.69, 9.17) is 4.74 Å². The zero-order valence-electron chi connectivity index (χ0n) is 12.2. The highest BCUT2D eigenvalue weighted by molar-refractivity contribution is 5.35. The van der Waals surface area contributed by atoms with Gasteiger partial charge in [0.15, 0.2) is 0 Å². The van der Waals surface area contributed by atoms with Gasteiger partial charge in [0.1, 0.15) is 5.75 Å². The SMILES string of the molecule is CN(CCCOc1ccc([N+](=O)[O-])cc1)CC(C)(C)O.